The molecule has 3 rings (SSSR count). The van der Waals surface area contributed by atoms with Crippen molar-refractivity contribution in [1.82, 2.24) is 5.32 Å². The lowest BCUT2D eigenvalue weighted by Crippen LogP contribution is -2.50. The second-order valence-corrected chi connectivity index (χ2v) is 19.4. The zero-order chi connectivity index (χ0) is 34.1. The molecule has 0 heterocycles. The van der Waals surface area contributed by atoms with Crippen LogP contribution in [0.1, 0.15) is 90.2 Å². The van der Waals surface area contributed by atoms with Crippen molar-refractivity contribution in [2.24, 2.45) is 0 Å². The molecule has 0 unspecified atom stereocenters. The molecular weight excluding hydrogens is 593 g/mol. The van der Waals surface area contributed by atoms with E-state index in [-0.39, 0.29) is 0 Å². The van der Waals surface area contributed by atoms with Gasteiger partial charge in [-0.3, -0.25) is 4.79 Å². The Balaban J connectivity index is 1.65. The van der Waals surface area contributed by atoms with Crippen molar-refractivity contribution in [3.8, 4) is 11.5 Å². The predicted octanol–water partition coefficient (Wildman–Crippen LogP) is 8.52. The average Bonchev–Trinajstić information content (AvgIpc) is 2.98. The van der Waals surface area contributed by atoms with Crippen LogP contribution in [0.2, 0.25) is 16.6 Å². The monoisotopic (exact) mass is 646 g/mol. The molecule has 0 spiro atoms. The van der Waals surface area contributed by atoms with Gasteiger partial charge in [-0.2, -0.15) is 0 Å². The summed E-state index contributed by atoms with van der Waals surface area (Å²) in [6, 6.07) is 22.2. The highest BCUT2D eigenvalue weighted by Crippen LogP contribution is 2.42. The number of carbonyl (C=O) groups excluding carboxylic acids is 2. The minimum atomic E-state index is -2.02. The Morgan fingerprint density at radius 3 is 1.96 bits per heavy atom. The maximum absolute atomic E-state index is 13.3. The van der Waals surface area contributed by atoms with Gasteiger partial charge in [-0.25, -0.2) is 4.79 Å². The second kappa shape index (κ2) is 16.2. The van der Waals surface area contributed by atoms with Crippen LogP contribution in [0, 0.1) is 0 Å². The molecule has 0 saturated heterocycles. The SMILES string of the molecule is CC(C)[Si](Oc1ccc(CCOc2cc(C(=O)N[C@@H](CCc3ccccc3)C(=O)OC(C)(C)C)ccc2N)cc1)(C(C)C)C(C)C. The minimum absolute atomic E-state index is 0.354. The third-order valence-corrected chi connectivity index (χ3v) is 14.4. The van der Waals surface area contributed by atoms with Crippen LogP contribution in [0.4, 0.5) is 5.69 Å². The average molecular weight is 647 g/mol. The van der Waals surface area contributed by atoms with Gasteiger partial charge in [0, 0.05) is 12.0 Å². The van der Waals surface area contributed by atoms with E-state index in [9.17, 15) is 9.59 Å². The number of hydrogen-bond donors (Lipinski definition) is 2. The molecule has 3 aromatic carbocycles. The first-order valence-corrected chi connectivity index (χ1v) is 18.6. The molecule has 0 aliphatic heterocycles. The summed E-state index contributed by atoms with van der Waals surface area (Å²) >= 11 is 0. The predicted molar refractivity (Wildman–Crippen MR) is 190 cm³/mol. The van der Waals surface area contributed by atoms with E-state index in [2.05, 4.69) is 71.1 Å². The summed E-state index contributed by atoms with van der Waals surface area (Å²) in [5.74, 6) is 0.482. The maximum Gasteiger partial charge on any atom is 0.329 e. The number of ether oxygens (including phenoxy) is 2. The topological polar surface area (TPSA) is 99.9 Å². The molecular formula is C38H54N2O5Si. The van der Waals surface area contributed by atoms with Crippen molar-refractivity contribution in [3.63, 3.8) is 0 Å². The highest BCUT2D eigenvalue weighted by Gasteiger charge is 2.47. The van der Waals surface area contributed by atoms with E-state index < -0.39 is 31.8 Å². The van der Waals surface area contributed by atoms with Gasteiger partial charge in [0.05, 0.1) is 12.3 Å². The largest absolute Gasteiger partial charge is 0.543 e. The van der Waals surface area contributed by atoms with Gasteiger partial charge in [-0.05, 0) is 91.7 Å². The van der Waals surface area contributed by atoms with E-state index in [0.717, 1.165) is 16.9 Å². The number of benzene rings is 3. The molecule has 0 radical (unpaired) electrons. The first-order chi connectivity index (χ1) is 21.6. The van der Waals surface area contributed by atoms with Crippen molar-refractivity contribution < 1.29 is 23.5 Å². The highest BCUT2D eigenvalue weighted by molar-refractivity contribution is 6.78. The van der Waals surface area contributed by atoms with Crippen LogP contribution in [0.25, 0.3) is 0 Å². The Kier molecular flexibility index (Phi) is 12.9. The Bertz CT molecular complexity index is 1390. The second-order valence-electron chi connectivity index (χ2n) is 14.0. The molecule has 0 aliphatic carbocycles. The number of anilines is 1. The van der Waals surface area contributed by atoms with Crippen molar-refractivity contribution in [2.75, 3.05) is 12.3 Å². The van der Waals surface area contributed by atoms with Gasteiger partial charge in [0.1, 0.15) is 23.1 Å². The lowest BCUT2D eigenvalue weighted by Gasteiger charge is -2.42. The molecule has 46 heavy (non-hydrogen) atoms. The Morgan fingerprint density at radius 2 is 1.39 bits per heavy atom. The minimum Gasteiger partial charge on any atom is -0.543 e. The highest BCUT2D eigenvalue weighted by atomic mass is 28.4. The van der Waals surface area contributed by atoms with E-state index >= 15 is 0 Å². The zero-order valence-corrected chi connectivity index (χ0v) is 30.2. The van der Waals surface area contributed by atoms with Gasteiger partial charge < -0.3 is 25.0 Å². The Morgan fingerprint density at radius 1 is 0.804 bits per heavy atom. The summed E-state index contributed by atoms with van der Waals surface area (Å²) in [7, 11) is -2.02. The van der Waals surface area contributed by atoms with Crippen molar-refractivity contribution in [3.05, 3.63) is 89.5 Å². The molecule has 0 saturated carbocycles. The molecule has 0 bridgehead atoms. The van der Waals surface area contributed by atoms with Gasteiger partial charge in [0.2, 0.25) is 0 Å². The maximum atomic E-state index is 13.3. The summed E-state index contributed by atoms with van der Waals surface area (Å²) < 4.78 is 18.5. The first-order valence-electron chi connectivity index (χ1n) is 16.5. The van der Waals surface area contributed by atoms with Crippen LogP contribution in [0.5, 0.6) is 11.5 Å². The van der Waals surface area contributed by atoms with Gasteiger partial charge in [-0.1, -0.05) is 84.0 Å². The molecule has 1 amide bonds. The molecule has 7 nitrogen and oxygen atoms in total. The lowest BCUT2D eigenvalue weighted by molar-refractivity contribution is -0.157. The van der Waals surface area contributed by atoms with Crippen molar-refractivity contribution in [1.29, 1.82) is 0 Å². The van der Waals surface area contributed by atoms with E-state index in [1.807, 2.05) is 51.1 Å². The van der Waals surface area contributed by atoms with Crippen LogP contribution in [-0.4, -0.2) is 38.4 Å². The Labute approximate surface area is 277 Å². The molecule has 3 aromatic rings. The van der Waals surface area contributed by atoms with Gasteiger partial charge in [0.15, 0.2) is 0 Å². The number of hydrogen-bond acceptors (Lipinski definition) is 6. The Hall–Kier alpha value is -3.78. The van der Waals surface area contributed by atoms with Crippen molar-refractivity contribution >= 4 is 25.9 Å². The van der Waals surface area contributed by atoms with Crippen LogP contribution in [-0.2, 0) is 22.4 Å². The number of rotatable bonds is 15. The van der Waals surface area contributed by atoms with E-state index in [1.165, 1.54) is 0 Å². The van der Waals surface area contributed by atoms with Gasteiger partial charge in [-0.15, -0.1) is 0 Å². The van der Waals surface area contributed by atoms with E-state index in [4.69, 9.17) is 19.6 Å². The normalized spacial score (nSPS) is 12.7. The summed E-state index contributed by atoms with van der Waals surface area (Å²) in [6.45, 7) is 19.5. The summed E-state index contributed by atoms with van der Waals surface area (Å²) in [5.41, 5.74) is 10.0. The van der Waals surface area contributed by atoms with Crippen LogP contribution in [0.3, 0.4) is 0 Å². The number of carbonyl (C=O) groups is 2. The van der Waals surface area contributed by atoms with Crippen LogP contribution in [0.15, 0.2) is 72.8 Å². The number of amides is 1. The molecule has 250 valence electrons. The number of nitrogens with one attached hydrogen (secondary N) is 1. The zero-order valence-electron chi connectivity index (χ0n) is 29.2. The molecule has 1 atom stereocenters. The molecule has 0 fully saturated rings. The van der Waals surface area contributed by atoms with Crippen molar-refractivity contribution in [2.45, 2.75) is 110 Å². The fraction of sp³-hybridized carbons (Fsp3) is 0.474. The summed E-state index contributed by atoms with van der Waals surface area (Å²) in [6.07, 6.45) is 1.68. The fourth-order valence-corrected chi connectivity index (χ4v) is 11.4. The molecule has 8 heteroatoms. The third kappa shape index (κ3) is 10.1. The van der Waals surface area contributed by atoms with E-state index in [1.54, 1.807) is 18.2 Å². The molecule has 3 N–H and O–H groups in total. The smallest absolute Gasteiger partial charge is 0.329 e. The van der Waals surface area contributed by atoms with Crippen LogP contribution < -0.4 is 20.2 Å². The number of aryl methyl sites for hydroxylation is 1. The first kappa shape index (κ1) is 36.7. The number of nitrogens with two attached hydrogens (primary N) is 1. The lowest BCUT2D eigenvalue weighted by atomic mass is 10.0. The van der Waals surface area contributed by atoms with Gasteiger partial charge >= 0.3 is 5.97 Å². The summed E-state index contributed by atoms with van der Waals surface area (Å²) in [4.78, 5) is 26.4. The molecule has 0 aliphatic rings. The third-order valence-electron chi connectivity index (χ3n) is 8.41. The number of esters is 1. The summed E-state index contributed by atoms with van der Waals surface area (Å²) in [5, 5.41) is 2.88. The standard InChI is InChI=1S/C38H54N2O5Si/c1-26(2)46(27(3)4,28(5)6)45-32-19-15-30(16-20-32)23-24-43-35-25-31(18-21-33(35)39)36(41)40-34(37(42)44-38(7,8)9)22-17-29-13-11-10-12-14-29/h10-16,18-21,25-28,34H,17,22-24,39H2,1-9H3,(H,40,41)/t34-/m0/s1. The number of nitrogen functional groups attached to an aromatic ring is 1. The van der Waals surface area contributed by atoms with Gasteiger partial charge in [0.25, 0.3) is 14.2 Å². The molecule has 0 aromatic heterocycles. The van der Waals surface area contributed by atoms with Crippen LogP contribution >= 0.6 is 0 Å². The quantitative estimate of drug-likeness (QED) is 0.0976. The fourth-order valence-electron chi connectivity index (χ4n) is 6.18. The van der Waals surface area contributed by atoms with E-state index in [0.29, 0.717) is 59.5 Å².